The molecule has 18 heavy (non-hydrogen) atoms. The van der Waals surface area contributed by atoms with Gasteiger partial charge in [0.05, 0.1) is 12.2 Å². The lowest BCUT2D eigenvalue weighted by atomic mass is 10.0. The molecule has 5 nitrogen and oxygen atoms in total. The minimum absolute atomic E-state index is 0.140. The zero-order valence-electron chi connectivity index (χ0n) is 10.7. The molecule has 1 heterocycles. The van der Waals surface area contributed by atoms with Gasteiger partial charge >= 0.3 is 12.0 Å². The van der Waals surface area contributed by atoms with Gasteiger partial charge in [-0.3, -0.25) is 4.90 Å². The Bertz CT molecular complexity index is 502. The number of nitrogens with one attached hydrogen (secondary N) is 1. The monoisotopic (exact) mass is 248 g/mol. The average molecular weight is 248 g/mol. The first-order valence-electron chi connectivity index (χ1n) is 5.79. The van der Waals surface area contributed by atoms with Gasteiger partial charge < -0.3 is 10.4 Å². The highest BCUT2D eigenvalue weighted by molar-refractivity contribution is 6.02. The van der Waals surface area contributed by atoms with Crippen molar-refractivity contribution < 1.29 is 14.7 Å². The summed E-state index contributed by atoms with van der Waals surface area (Å²) in [7, 11) is 0. The molecule has 2 amide bonds. The number of benzene rings is 1. The van der Waals surface area contributed by atoms with E-state index in [-0.39, 0.29) is 12.6 Å². The first kappa shape index (κ1) is 12.4. The van der Waals surface area contributed by atoms with Crippen LogP contribution in [0.5, 0.6) is 0 Å². The van der Waals surface area contributed by atoms with Crippen LogP contribution < -0.4 is 10.2 Å². The third-order valence-electron chi connectivity index (χ3n) is 3.14. The minimum Gasteiger partial charge on any atom is -0.480 e. The molecule has 2 N–H and O–H groups in total. The van der Waals surface area contributed by atoms with E-state index in [0.29, 0.717) is 5.69 Å². The van der Waals surface area contributed by atoms with E-state index in [9.17, 15) is 9.59 Å². The van der Waals surface area contributed by atoms with Crippen molar-refractivity contribution >= 4 is 17.7 Å². The van der Waals surface area contributed by atoms with Crippen molar-refractivity contribution in [3.05, 3.63) is 28.8 Å². The molecule has 1 unspecified atom stereocenters. The van der Waals surface area contributed by atoms with Crippen LogP contribution in [0.3, 0.4) is 0 Å². The summed E-state index contributed by atoms with van der Waals surface area (Å²) in [5.41, 5.74) is 3.62. The number of aryl methyl sites for hydroxylation is 3. The minimum atomic E-state index is -0.993. The first-order chi connectivity index (χ1) is 8.41. The van der Waals surface area contributed by atoms with E-state index in [2.05, 4.69) is 5.32 Å². The van der Waals surface area contributed by atoms with Crippen molar-refractivity contribution in [1.29, 1.82) is 0 Å². The number of rotatable bonds is 2. The Kier molecular flexibility index (Phi) is 2.98. The number of urea groups is 1. The van der Waals surface area contributed by atoms with Crippen LogP contribution in [0.25, 0.3) is 0 Å². The fourth-order valence-corrected chi connectivity index (χ4v) is 2.51. The zero-order valence-corrected chi connectivity index (χ0v) is 10.7. The van der Waals surface area contributed by atoms with Gasteiger partial charge in [0, 0.05) is 0 Å². The second-order valence-electron chi connectivity index (χ2n) is 4.66. The van der Waals surface area contributed by atoms with Gasteiger partial charge in [0.25, 0.3) is 0 Å². The van der Waals surface area contributed by atoms with Crippen LogP contribution in [0.15, 0.2) is 12.1 Å². The zero-order chi connectivity index (χ0) is 13.4. The van der Waals surface area contributed by atoms with E-state index in [0.717, 1.165) is 16.7 Å². The smallest absolute Gasteiger partial charge is 0.328 e. The number of hydrogen-bond donors (Lipinski definition) is 2. The molecule has 1 saturated heterocycles. The molecule has 0 radical (unpaired) electrons. The van der Waals surface area contributed by atoms with Crippen molar-refractivity contribution in [3.63, 3.8) is 0 Å². The quantitative estimate of drug-likeness (QED) is 0.835. The molecule has 0 spiro atoms. The lowest BCUT2D eigenvalue weighted by molar-refractivity contribution is -0.137. The van der Waals surface area contributed by atoms with E-state index in [1.807, 2.05) is 32.9 Å². The van der Waals surface area contributed by atoms with Crippen molar-refractivity contribution in [3.8, 4) is 0 Å². The number of carbonyl (C=O) groups excluding carboxylic acids is 1. The summed E-state index contributed by atoms with van der Waals surface area (Å²) in [4.78, 5) is 24.4. The summed E-state index contributed by atoms with van der Waals surface area (Å²) < 4.78 is 0. The SMILES string of the molecule is Cc1cc(C)c(N2C(=O)NCC2C(=O)O)c(C)c1. The maximum atomic E-state index is 11.8. The first-order valence-corrected chi connectivity index (χ1v) is 5.79. The third-order valence-corrected chi connectivity index (χ3v) is 3.14. The lowest BCUT2D eigenvalue weighted by Crippen LogP contribution is -2.40. The summed E-state index contributed by atoms with van der Waals surface area (Å²) in [6.07, 6.45) is 0. The van der Waals surface area contributed by atoms with E-state index in [4.69, 9.17) is 5.11 Å². The van der Waals surface area contributed by atoms with E-state index < -0.39 is 12.0 Å². The van der Waals surface area contributed by atoms with Gasteiger partial charge in [0.2, 0.25) is 0 Å². The van der Waals surface area contributed by atoms with E-state index in [1.165, 1.54) is 4.90 Å². The highest BCUT2D eigenvalue weighted by Gasteiger charge is 2.38. The molecular formula is C13H16N2O3. The molecule has 0 aromatic heterocycles. The molecule has 0 bridgehead atoms. The molecule has 5 heteroatoms. The Balaban J connectivity index is 2.53. The fraction of sp³-hybridized carbons (Fsp3) is 0.385. The highest BCUT2D eigenvalue weighted by atomic mass is 16.4. The summed E-state index contributed by atoms with van der Waals surface area (Å²) in [5, 5.41) is 11.7. The summed E-state index contributed by atoms with van der Waals surface area (Å²) in [5.74, 6) is -0.993. The third kappa shape index (κ3) is 1.92. The number of anilines is 1. The molecule has 1 atom stereocenters. The van der Waals surface area contributed by atoms with Crippen LogP contribution in [-0.4, -0.2) is 29.7 Å². The van der Waals surface area contributed by atoms with Crippen LogP contribution in [0, 0.1) is 20.8 Å². The van der Waals surface area contributed by atoms with Crippen molar-refractivity contribution in [2.45, 2.75) is 26.8 Å². The molecule has 0 saturated carbocycles. The number of carboxylic acid groups (broad SMARTS) is 1. The van der Waals surface area contributed by atoms with Gasteiger partial charge in [0.1, 0.15) is 0 Å². The predicted molar refractivity (Wildman–Crippen MR) is 68.0 cm³/mol. The standard InChI is InChI=1S/C13H16N2O3/c1-7-4-8(2)11(9(3)5-7)15-10(12(16)17)6-14-13(15)18/h4-5,10H,6H2,1-3H3,(H,14,18)(H,16,17). The number of carboxylic acids is 1. The highest BCUT2D eigenvalue weighted by Crippen LogP contribution is 2.29. The Hall–Kier alpha value is -2.04. The van der Waals surface area contributed by atoms with Gasteiger partial charge in [-0.05, 0) is 31.9 Å². The van der Waals surface area contributed by atoms with Gasteiger partial charge in [-0.15, -0.1) is 0 Å². The Morgan fingerprint density at radius 2 is 1.89 bits per heavy atom. The molecule has 1 aliphatic heterocycles. The molecule has 0 aliphatic carbocycles. The number of carbonyl (C=O) groups is 2. The normalized spacial score (nSPS) is 18.9. The summed E-state index contributed by atoms with van der Waals surface area (Å²) in [6, 6.07) is 2.72. The van der Waals surface area contributed by atoms with Crippen LogP contribution in [-0.2, 0) is 4.79 Å². The van der Waals surface area contributed by atoms with Crippen LogP contribution in [0.1, 0.15) is 16.7 Å². The molecule has 1 fully saturated rings. The van der Waals surface area contributed by atoms with Crippen LogP contribution in [0.4, 0.5) is 10.5 Å². The molecular weight excluding hydrogens is 232 g/mol. The van der Waals surface area contributed by atoms with Crippen molar-refractivity contribution in [2.75, 3.05) is 11.4 Å². The van der Waals surface area contributed by atoms with Crippen LogP contribution in [0.2, 0.25) is 0 Å². The lowest BCUT2D eigenvalue weighted by Gasteiger charge is -2.24. The molecule has 2 rings (SSSR count). The number of nitrogens with zero attached hydrogens (tertiary/aromatic N) is 1. The van der Waals surface area contributed by atoms with E-state index in [1.54, 1.807) is 0 Å². The molecule has 1 aromatic rings. The van der Waals surface area contributed by atoms with Gasteiger partial charge in [-0.1, -0.05) is 17.7 Å². The Labute approximate surface area is 105 Å². The summed E-state index contributed by atoms with van der Waals surface area (Å²) in [6.45, 7) is 5.89. The molecule has 1 aliphatic rings. The maximum absolute atomic E-state index is 11.8. The van der Waals surface area contributed by atoms with Crippen molar-refractivity contribution in [1.82, 2.24) is 5.32 Å². The van der Waals surface area contributed by atoms with Gasteiger partial charge in [0.15, 0.2) is 6.04 Å². The number of amides is 2. The fourth-order valence-electron chi connectivity index (χ4n) is 2.51. The summed E-state index contributed by atoms with van der Waals surface area (Å²) >= 11 is 0. The van der Waals surface area contributed by atoms with Crippen LogP contribution >= 0.6 is 0 Å². The largest absolute Gasteiger partial charge is 0.480 e. The van der Waals surface area contributed by atoms with Crippen molar-refractivity contribution in [2.24, 2.45) is 0 Å². The second-order valence-corrected chi connectivity index (χ2v) is 4.66. The predicted octanol–water partition coefficient (Wildman–Crippen LogP) is 1.59. The molecule has 1 aromatic carbocycles. The van der Waals surface area contributed by atoms with Gasteiger partial charge in [-0.2, -0.15) is 0 Å². The maximum Gasteiger partial charge on any atom is 0.328 e. The number of aliphatic carboxylic acids is 1. The number of hydrogen-bond acceptors (Lipinski definition) is 2. The Morgan fingerprint density at radius 1 is 1.33 bits per heavy atom. The average Bonchev–Trinajstić information content (AvgIpc) is 2.59. The molecule has 96 valence electrons. The Morgan fingerprint density at radius 3 is 2.39 bits per heavy atom. The van der Waals surface area contributed by atoms with Gasteiger partial charge in [-0.25, -0.2) is 9.59 Å². The topological polar surface area (TPSA) is 69.6 Å². The second kappa shape index (κ2) is 4.33. The van der Waals surface area contributed by atoms with E-state index >= 15 is 0 Å².